The summed E-state index contributed by atoms with van der Waals surface area (Å²) < 4.78 is 64.1. The van der Waals surface area contributed by atoms with E-state index in [2.05, 4.69) is 10.6 Å². The Labute approximate surface area is 283 Å². The number of benzene rings is 3. The van der Waals surface area contributed by atoms with Crippen LogP contribution >= 0.6 is 11.6 Å². The summed E-state index contributed by atoms with van der Waals surface area (Å²) in [4.78, 5) is 26.0. The van der Waals surface area contributed by atoms with E-state index in [-0.39, 0.29) is 24.8 Å². The van der Waals surface area contributed by atoms with Gasteiger partial charge in [-0.15, -0.1) is 0 Å². The zero-order valence-corrected chi connectivity index (χ0v) is 28.0. The number of carbonyl (C=O) groups excluding carboxylic acids is 2. The van der Waals surface area contributed by atoms with Crippen LogP contribution in [0.25, 0.3) is 0 Å². The van der Waals surface area contributed by atoms with Crippen molar-refractivity contribution < 1.29 is 46.8 Å². The van der Waals surface area contributed by atoms with E-state index in [0.29, 0.717) is 29.8 Å². The van der Waals surface area contributed by atoms with Gasteiger partial charge in [0.25, 0.3) is 0 Å². The Bertz CT molecular complexity index is 1500. The fourth-order valence-electron chi connectivity index (χ4n) is 4.85. The molecular weight excluding hydrogens is 650 g/mol. The lowest BCUT2D eigenvalue weighted by molar-refractivity contribution is -0.318. The summed E-state index contributed by atoms with van der Waals surface area (Å²) >= 11 is 5.99. The molecule has 0 bridgehead atoms. The lowest BCUT2D eigenvalue weighted by Gasteiger charge is -2.45. The minimum Gasteiger partial charge on any atom is -0.446 e. The number of hydrogen-bond acceptors (Lipinski definition) is 8. The normalized spacial score (nSPS) is 20.7. The molecule has 0 unspecified atom stereocenters. The highest BCUT2D eigenvalue weighted by Gasteiger charge is 2.51. The second-order valence-electron chi connectivity index (χ2n) is 11.7. The Morgan fingerprint density at radius 3 is 2.35 bits per heavy atom. The molecule has 1 heterocycles. The Morgan fingerprint density at radius 1 is 0.917 bits per heavy atom. The molecule has 0 saturated carbocycles. The zero-order chi connectivity index (χ0) is 34.6. The largest absolute Gasteiger partial charge is 0.446 e. The predicted octanol–water partition coefficient (Wildman–Crippen LogP) is 7.87. The Morgan fingerprint density at radius 2 is 1.67 bits per heavy atom. The van der Waals surface area contributed by atoms with Crippen molar-refractivity contribution in [1.82, 2.24) is 0 Å². The Kier molecular flexibility index (Phi) is 14.0. The van der Waals surface area contributed by atoms with Crippen LogP contribution in [0.3, 0.4) is 0 Å². The minimum atomic E-state index is -1.17. The molecule has 0 aliphatic carbocycles. The Balaban J connectivity index is 1.61. The van der Waals surface area contributed by atoms with Gasteiger partial charge in [0.15, 0.2) is 12.4 Å². The topological polar surface area (TPSA) is 114 Å². The number of hydrogen-bond donors (Lipinski definition) is 2. The third kappa shape index (κ3) is 10.9. The lowest BCUT2D eigenvalue weighted by atomic mass is 9.98. The molecule has 0 aromatic heterocycles. The maximum absolute atomic E-state index is 14.2. The molecule has 1 aliphatic heterocycles. The summed E-state index contributed by atoms with van der Waals surface area (Å²) in [5, 5.41) is 5.39. The molecule has 3 aromatic carbocycles. The number of ether oxygens (including phenoxy) is 6. The standard InChI is InChI=1S/C35H41ClF2N2O8/c1-5-16-43-31-30(48-35(42)39-26-13-10-24(36)11-14-26)29(20-46-34(41)40-28-15-12-25(37)17-27(28)38)47-33(45-18-21(2)3)32(31)44-19-23-9-7-6-8-22(23)4/h6-15,17,21,29-33H,5,16,18-20H2,1-4H3,(H,39,42)(H,40,41)/t29-,30-,31+,32-,33-/m1/s1. The van der Waals surface area contributed by atoms with Crippen molar-refractivity contribution in [3.8, 4) is 0 Å². The van der Waals surface area contributed by atoms with Gasteiger partial charge >= 0.3 is 12.2 Å². The van der Waals surface area contributed by atoms with Gasteiger partial charge in [-0.3, -0.25) is 10.6 Å². The van der Waals surface area contributed by atoms with E-state index in [4.69, 9.17) is 40.0 Å². The SMILES string of the molecule is CCCO[C@@H]1[C@@H](OCc2ccccc2C)[C@H](OCC(C)C)O[C@H](COC(=O)Nc2ccc(F)cc2F)[C@H]1OC(=O)Nc1ccc(Cl)cc1. The number of amides is 2. The molecule has 260 valence electrons. The molecule has 0 radical (unpaired) electrons. The van der Waals surface area contributed by atoms with E-state index in [9.17, 15) is 18.4 Å². The molecule has 2 N–H and O–H groups in total. The van der Waals surface area contributed by atoms with Crippen LogP contribution in [0.4, 0.5) is 29.7 Å². The first-order valence-corrected chi connectivity index (χ1v) is 16.1. The monoisotopic (exact) mass is 690 g/mol. The maximum Gasteiger partial charge on any atom is 0.412 e. The highest BCUT2D eigenvalue weighted by molar-refractivity contribution is 6.30. The van der Waals surface area contributed by atoms with Crippen LogP contribution in [0.5, 0.6) is 0 Å². The summed E-state index contributed by atoms with van der Waals surface area (Å²) in [5.74, 6) is -1.65. The van der Waals surface area contributed by atoms with E-state index in [1.165, 1.54) is 0 Å². The minimum absolute atomic E-state index is 0.130. The van der Waals surface area contributed by atoms with Crippen molar-refractivity contribution >= 4 is 35.2 Å². The highest BCUT2D eigenvalue weighted by Crippen LogP contribution is 2.31. The second kappa shape index (κ2) is 18.1. The first-order valence-electron chi connectivity index (χ1n) is 15.7. The van der Waals surface area contributed by atoms with Gasteiger partial charge in [-0.1, -0.05) is 56.6 Å². The summed E-state index contributed by atoms with van der Waals surface area (Å²) in [5.41, 5.74) is 2.09. The van der Waals surface area contributed by atoms with Gasteiger partial charge in [0.2, 0.25) is 0 Å². The van der Waals surface area contributed by atoms with Crippen molar-refractivity contribution in [2.24, 2.45) is 5.92 Å². The van der Waals surface area contributed by atoms with Crippen molar-refractivity contribution in [2.75, 3.05) is 30.5 Å². The van der Waals surface area contributed by atoms with Crippen LogP contribution in [0.1, 0.15) is 38.3 Å². The van der Waals surface area contributed by atoms with Gasteiger partial charge in [-0.2, -0.15) is 0 Å². The van der Waals surface area contributed by atoms with Gasteiger partial charge in [-0.25, -0.2) is 18.4 Å². The molecule has 10 nitrogen and oxygen atoms in total. The number of nitrogens with one attached hydrogen (secondary N) is 2. The summed E-state index contributed by atoms with van der Waals surface area (Å²) in [6.45, 7) is 8.16. The van der Waals surface area contributed by atoms with Gasteiger partial charge < -0.3 is 28.4 Å². The smallest absolute Gasteiger partial charge is 0.412 e. The molecule has 5 atom stereocenters. The number of anilines is 2. The summed E-state index contributed by atoms with van der Waals surface area (Å²) in [7, 11) is 0. The Hall–Kier alpha value is -3.81. The number of halogens is 3. The molecule has 1 saturated heterocycles. The van der Waals surface area contributed by atoms with Crippen LogP contribution in [0, 0.1) is 24.5 Å². The van der Waals surface area contributed by atoms with Crippen molar-refractivity contribution in [1.29, 1.82) is 0 Å². The third-order valence-electron chi connectivity index (χ3n) is 7.27. The fraction of sp³-hybridized carbons (Fsp3) is 0.429. The number of aryl methyl sites for hydroxylation is 1. The molecule has 4 rings (SSSR count). The number of rotatable bonds is 14. The average Bonchev–Trinajstić information content (AvgIpc) is 3.05. The summed E-state index contributed by atoms with van der Waals surface area (Å²) in [6, 6.07) is 16.9. The predicted molar refractivity (Wildman–Crippen MR) is 176 cm³/mol. The van der Waals surface area contributed by atoms with Gasteiger partial charge in [0, 0.05) is 23.4 Å². The first-order chi connectivity index (χ1) is 23.0. The molecule has 1 aliphatic rings. The van der Waals surface area contributed by atoms with Crippen molar-refractivity contribution in [3.63, 3.8) is 0 Å². The second-order valence-corrected chi connectivity index (χ2v) is 12.1. The van der Waals surface area contributed by atoms with E-state index >= 15 is 0 Å². The van der Waals surface area contributed by atoms with Crippen LogP contribution in [0.2, 0.25) is 5.02 Å². The molecule has 2 amide bonds. The molecule has 1 fully saturated rings. The lowest BCUT2D eigenvalue weighted by Crippen LogP contribution is -2.62. The third-order valence-corrected chi connectivity index (χ3v) is 7.52. The fourth-order valence-corrected chi connectivity index (χ4v) is 4.98. The van der Waals surface area contributed by atoms with Gasteiger partial charge in [-0.05, 0) is 66.8 Å². The molecule has 3 aromatic rings. The van der Waals surface area contributed by atoms with Gasteiger partial charge in [0.1, 0.15) is 36.6 Å². The van der Waals surface area contributed by atoms with Crippen LogP contribution in [0.15, 0.2) is 66.7 Å². The molecule has 13 heteroatoms. The number of carbonyl (C=O) groups is 2. The van der Waals surface area contributed by atoms with Crippen LogP contribution < -0.4 is 10.6 Å². The zero-order valence-electron chi connectivity index (χ0n) is 27.3. The van der Waals surface area contributed by atoms with Gasteiger partial charge in [0.05, 0.1) is 18.9 Å². The van der Waals surface area contributed by atoms with E-state index in [1.54, 1.807) is 24.3 Å². The summed E-state index contributed by atoms with van der Waals surface area (Å²) in [6.07, 6.45) is -6.33. The van der Waals surface area contributed by atoms with Crippen molar-refractivity contribution in [2.45, 2.75) is 71.4 Å². The molecular formula is C35H41ClF2N2O8. The quantitative estimate of drug-likeness (QED) is 0.176. The molecule has 48 heavy (non-hydrogen) atoms. The maximum atomic E-state index is 14.2. The first kappa shape index (κ1) is 37.0. The average molecular weight is 691 g/mol. The highest BCUT2D eigenvalue weighted by atomic mass is 35.5. The van der Waals surface area contributed by atoms with E-state index in [0.717, 1.165) is 23.3 Å². The molecule has 0 spiro atoms. The van der Waals surface area contributed by atoms with Crippen LogP contribution in [-0.2, 0) is 35.0 Å². The van der Waals surface area contributed by atoms with E-state index < -0.39 is 61.1 Å². The van der Waals surface area contributed by atoms with Crippen LogP contribution in [-0.4, -0.2) is 62.7 Å². The van der Waals surface area contributed by atoms with E-state index in [1.807, 2.05) is 52.0 Å². The van der Waals surface area contributed by atoms with Crippen molar-refractivity contribution in [3.05, 3.63) is 94.5 Å².